The second-order valence-corrected chi connectivity index (χ2v) is 4.62. The zero-order valence-corrected chi connectivity index (χ0v) is 10.2. The number of nitrogens with zero attached hydrogens (tertiary/aromatic N) is 2. The number of benzene rings is 1. The number of piperidine rings is 1. The average Bonchev–Trinajstić information content (AvgIpc) is 2.88. The molecule has 0 radical (unpaired) electrons. The Morgan fingerprint density at radius 1 is 1.16 bits per heavy atom. The average molecular weight is 265 g/mol. The third-order valence-corrected chi connectivity index (χ3v) is 3.17. The summed E-state index contributed by atoms with van der Waals surface area (Å²) in [6.07, 6.45) is 3.16. The van der Waals surface area contributed by atoms with Gasteiger partial charge in [0.05, 0.1) is 6.04 Å². The summed E-state index contributed by atoms with van der Waals surface area (Å²) in [5.41, 5.74) is 0.281. The Hall–Kier alpha value is -1.82. The molecule has 1 aromatic heterocycles. The van der Waals surface area contributed by atoms with Crippen molar-refractivity contribution in [1.82, 2.24) is 15.5 Å². The maximum atomic E-state index is 13.1. The maximum Gasteiger partial charge on any atom is 0.244 e. The van der Waals surface area contributed by atoms with E-state index in [1.54, 1.807) is 0 Å². The number of aromatic nitrogens is 2. The van der Waals surface area contributed by atoms with Crippen LogP contribution in [0.4, 0.5) is 8.78 Å². The molecule has 0 bridgehead atoms. The van der Waals surface area contributed by atoms with Gasteiger partial charge in [-0.05, 0) is 31.5 Å². The van der Waals surface area contributed by atoms with E-state index in [4.69, 9.17) is 4.52 Å². The van der Waals surface area contributed by atoms with Crippen LogP contribution in [-0.4, -0.2) is 16.7 Å². The van der Waals surface area contributed by atoms with E-state index >= 15 is 0 Å². The van der Waals surface area contributed by atoms with Crippen molar-refractivity contribution < 1.29 is 13.3 Å². The summed E-state index contributed by atoms with van der Waals surface area (Å²) in [4.78, 5) is 4.21. The Labute approximate surface area is 108 Å². The Morgan fingerprint density at radius 3 is 2.63 bits per heavy atom. The fourth-order valence-corrected chi connectivity index (χ4v) is 2.24. The minimum absolute atomic E-state index is 0.0356. The highest BCUT2D eigenvalue weighted by molar-refractivity contribution is 5.54. The van der Waals surface area contributed by atoms with Crippen LogP contribution in [-0.2, 0) is 0 Å². The van der Waals surface area contributed by atoms with Crippen molar-refractivity contribution in [2.24, 2.45) is 0 Å². The lowest BCUT2D eigenvalue weighted by molar-refractivity contribution is 0.297. The van der Waals surface area contributed by atoms with Crippen molar-refractivity contribution in [3.63, 3.8) is 0 Å². The van der Waals surface area contributed by atoms with Gasteiger partial charge in [-0.25, -0.2) is 8.78 Å². The van der Waals surface area contributed by atoms with Crippen LogP contribution in [0.2, 0.25) is 0 Å². The molecule has 1 aliphatic heterocycles. The molecular weight excluding hydrogens is 252 g/mol. The summed E-state index contributed by atoms with van der Waals surface area (Å²) in [7, 11) is 0. The van der Waals surface area contributed by atoms with E-state index < -0.39 is 11.6 Å². The van der Waals surface area contributed by atoms with Crippen molar-refractivity contribution in [2.45, 2.75) is 25.3 Å². The third kappa shape index (κ3) is 2.63. The highest BCUT2D eigenvalue weighted by Crippen LogP contribution is 2.24. The van der Waals surface area contributed by atoms with E-state index in [-0.39, 0.29) is 17.4 Å². The molecule has 19 heavy (non-hydrogen) atoms. The summed E-state index contributed by atoms with van der Waals surface area (Å²) in [5.74, 6) is -0.630. The smallest absolute Gasteiger partial charge is 0.244 e. The van der Waals surface area contributed by atoms with Gasteiger partial charge in [0.25, 0.3) is 0 Å². The lowest BCUT2D eigenvalue weighted by Crippen LogP contribution is -2.26. The summed E-state index contributed by atoms with van der Waals surface area (Å²) in [6.45, 7) is 0.914. The fourth-order valence-electron chi connectivity index (χ4n) is 2.24. The van der Waals surface area contributed by atoms with E-state index in [9.17, 15) is 8.78 Å². The zero-order valence-electron chi connectivity index (χ0n) is 10.2. The number of rotatable bonds is 2. The van der Waals surface area contributed by atoms with Crippen LogP contribution in [0.1, 0.15) is 31.2 Å². The quantitative estimate of drug-likeness (QED) is 0.907. The number of hydrogen-bond acceptors (Lipinski definition) is 4. The van der Waals surface area contributed by atoms with Gasteiger partial charge in [0.2, 0.25) is 11.7 Å². The molecule has 4 nitrogen and oxygen atoms in total. The van der Waals surface area contributed by atoms with Gasteiger partial charge in [-0.1, -0.05) is 11.6 Å². The minimum atomic E-state index is -0.655. The Bertz CT molecular complexity index is 559. The van der Waals surface area contributed by atoms with Crippen LogP contribution in [0.3, 0.4) is 0 Å². The van der Waals surface area contributed by atoms with Gasteiger partial charge in [-0.2, -0.15) is 4.98 Å². The van der Waals surface area contributed by atoms with E-state index in [1.807, 2.05) is 0 Å². The first-order valence-electron chi connectivity index (χ1n) is 6.26. The van der Waals surface area contributed by atoms with Gasteiger partial charge in [0, 0.05) is 11.6 Å². The standard InChI is InChI=1S/C13H13F2N3O/c14-9-5-8(6-10(15)7-9)12-17-13(19-18-12)11-3-1-2-4-16-11/h5-7,11,16H,1-4H2/t11-/m1/s1. The van der Waals surface area contributed by atoms with Crippen molar-refractivity contribution in [3.8, 4) is 11.4 Å². The van der Waals surface area contributed by atoms with Crippen molar-refractivity contribution in [1.29, 1.82) is 0 Å². The van der Waals surface area contributed by atoms with Crippen molar-refractivity contribution in [3.05, 3.63) is 35.7 Å². The molecule has 1 aromatic carbocycles. The first-order chi connectivity index (χ1) is 9.22. The van der Waals surface area contributed by atoms with Crippen LogP contribution in [0, 0.1) is 11.6 Å². The van der Waals surface area contributed by atoms with E-state index in [0.29, 0.717) is 5.89 Å². The normalized spacial score (nSPS) is 19.6. The Balaban J connectivity index is 1.87. The molecule has 1 aliphatic rings. The van der Waals surface area contributed by atoms with Crippen molar-refractivity contribution >= 4 is 0 Å². The number of nitrogens with one attached hydrogen (secondary N) is 1. The van der Waals surface area contributed by atoms with Gasteiger partial charge in [0.1, 0.15) is 11.6 Å². The van der Waals surface area contributed by atoms with Crippen LogP contribution in [0.5, 0.6) is 0 Å². The molecule has 1 fully saturated rings. The van der Waals surface area contributed by atoms with E-state index in [2.05, 4.69) is 15.5 Å². The molecule has 0 saturated carbocycles. The van der Waals surface area contributed by atoms with Gasteiger partial charge in [-0.3, -0.25) is 0 Å². The topological polar surface area (TPSA) is 51.0 Å². The maximum absolute atomic E-state index is 13.1. The minimum Gasteiger partial charge on any atom is -0.337 e. The summed E-state index contributed by atoms with van der Waals surface area (Å²) >= 11 is 0. The molecule has 0 aliphatic carbocycles. The first-order valence-corrected chi connectivity index (χ1v) is 6.26. The molecule has 6 heteroatoms. The molecule has 0 spiro atoms. The number of halogens is 2. The van der Waals surface area contributed by atoms with Gasteiger partial charge < -0.3 is 9.84 Å². The molecule has 1 N–H and O–H groups in total. The lowest BCUT2D eigenvalue weighted by Gasteiger charge is -2.19. The van der Waals surface area contributed by atoms with Crippen LogP contribution >= 0.6 is 0 Å². The molecule has 2 aromatic rings. The first kappa shape index (κ1) is 12.2. The number of hydrogen-bond donors (Lipinski definition) is 1. The van der Waals surface area contributed by atoms with E-state index in [0.717, 1.165) is 31.9 Å². The van der Waals surface area contributed by atoms with Gasteiger partial charge >= 0.3 is 0 Å². The van der Waals surface area contributed by atoms with Crippen LogP contribution in [0.15, 0.2) is 22.7 Å². The molecule has 2 heterocycles. The Morgan fingerprint density at radius 2 is 1.95 bits per heavy atom. The molecule has 0 unspecified atom stereocenters. The molecule has 1 atom stereocenters. The van der Waals surface area contributed by atoms with Gasteiger partial charge in [-0.15, -0.1) is 0 Å². The van der Waals surface area contributed by atoms with Crippen molar-refractivity contribution in [2.75, 3.05) is 6.54 Å². The molecule has 100 valence electrons. The summed E-state index contributed by atoms with van der Waals surface area (Å²) < 4.78 is 31.4. The lowest BCUT2D eigenvalue weighted by atomic mass is 10.1. The predicted octanol–water partition coefficient (Wildman–Crippen LogP) is 2.83. The molecule has 1 saturated heterocycles. The second-order valence-electron chi connectivity index (χ2n) is 4.62. The zero-order chi connectivity index (χ0) is 13.2. The van der Waals surface area contributed by atoms with Crippen LogP contribution < -0.4 is 5.32 Å². The summed E-state index contributed by atoms with van der Waals surface area (Å²) in [5, 5.41) is 7.06. The SMILES string of the molecule is Fc1cc(F)cc(-c2noc([C@H]3CCCCN3)n2)c1. The Kier molecular flexibility index (Phi) is 3.25. The molecule has 3 rings (SSSR count). The second kappa shape index (κ2) is 5.05. The molecular formula is C13H13F2N3O. The van der Waals surface area contributed by atoms with Crippen LogP contribution in [0.25, 0.3) is 11.4 Å². The fraction of sp³-hybridized carbons (Fsp3) is 0.385. The van der Waals surface area contributed by atoms with E-state index in [1.165, 1.54) is 12.1 Å². The highest BCUT2D eigenvalue weighted by atomic mass is 19.1. The van der Waals surface area contributed by atoms with Gasteiger partial charge in [0.15, 0.2) is 0 Å². The molecule has 0 amide bonds. The predicted molar refractivity (Wildman–Crippen MR) is 64.2 cm³/mol. The largest absolute Gasteiger partial charge is 0.337 e. The highest BCUT2D eigenvalue weighted by Gasteiger charge is 2.21. The summed E-state index contributed by atoms with van der Waals surface area (Å²) in [6, 6.07) is 3.22. The third-order valence-electron chi connectivity index (χ3n) is 3.17. The monoisotopic (exact) mass is 265 g/mol.